The first-order valence-corrected chi connectivity index (χ1v) is 8.52. The molecule has 2 aromatic carbocycles. The molecule has 0 aliphatic rings. The van der Waals surface area contributed by atoms with Gasteiger partial charge in [0.15, 0.2) is 0 Å². The van der Waals surface area contributed by atoms with Gasteiger partial charge in [-0.2, -0.15) is 0 Å². The quantitative estimate of drug-likeness (QED) is 0.461. The smallest absolute Gasteiger partial charge is 0.0294 e. The Hall–Kier alpha value is 0.620. The molecule has 0 spiro atoms. The Kier molecular flexibility index (Phi) is 4.50. The summed E-state index contributed by atoms with van der Waals surface area (Å²) in [6.07, 6.45) is 0. The Bertz CT molecular complexity index is 485. The lowest BCUT2D eigenvalue weighted by Gasteiger charge is -2.09. The van der Waals surface area contributed by atoms with E-state index < -0.39 is 0 Å². The number of hydrogen-bond acceptors (Lipinski definition) is 0. The zero-order valence-corrected chi connectivity index (χ0v) is 14.6. The Morgan fingerprint density at radius 3 is 1.38 bits per heavy atom. The molecule has 0 atom stereocenters. The van der Waals surface area contributed by atoms with Gasteiger partial charge in [0, 0.05) is 19.6 Å². The first kappa shape index (κ1) is 13.1. The average Bonchev–Trinajstić information content (AvgIpc) is 2.31. The van der Waals surface area contributed by atoms with Crippen LogP contribution in [0.15, 0.2) is 33.2 Å². The molecular weight excluding hydrogens is 464 g/mol. The molecule has 2 aromatic rings. The normalized spacial score (nSPS) is 11.0. The number of fused-ring (bicyclic) bond motifs is 1. The second kappa shape index (κ2) is 5.51. The van der Waals surface area contributed by atoms with Crippen LogP contribution in [0.2, 0.25) is 0 Å². The van der Waals surface area contributed by atoms with Gasteiger partial charge in [-0.15, -0.1) is 0 Å². The highest BCUT2D eigenvalue weighted by atomic mass is 79.9. The van der Waals surface area contributed by atoms with Crippen LogP contribution < -0.4 is 0 Å². The van der Waals surface area contributed by atoms with Gasteiger partial charge in [0.05, 0.1) is 0 Å². The van der Waals surface area contributed by atoms with Crippen LogP contribution in [0.5, 0.6) is 0 Å². The minimum Gasteiger partial charge on any atom is -0.0876 e. The van der Waals surface area contributed by atoms with Gasteiger partial charge in [0.2, 0.25) is 0 Å². The molecule has 4 heteroatoms. The fraction of sp³-hybridized carbons (Fsp3) is 0.167. The lowest BCUT2D eigenvalue weighted by atomic mass is 10.1. The summed E-state index contributed by atoms with van der Waals surface area (Å²) >= 11 is 14.3. The van der Waals surface area contributed by atoms with Crippen LogP contribution in [0.25, 0.3) is 10.8 Å². The van der Waals surface area contributed by atoms with Crippen LogP contribution in [0, 0.1) is 0 Å². The van der Waals surface area contributed by atoms with Crippen LogP contribution in [-0.4, -0.2) is 0 Å². The van der Waals surface area contributed by atoms with Crippen molar-refractivity contribution in [2.45, 2.75) is 10.7 Å². The van der Waals surface area contributed by atoms with Crippen molar-refractivity contribution in [1.82, 2.24) is 0 Å². The molecule has 0 aliphatic heterocycles. The number of rotatable bonds is 2. The molecule has 0 saturated carbocycles. The molecule has 0 nitrogen and oxygen atoms in total. The summed E-state index contributed by atoms with van der Waals surface area (Å²) in [6.45, 7) is 0. The number of benzene rings is 2. The summed E-state index contributed by atoms with van der Waals surface area (Å²) < 4.78 is 2.34. The van der Waals surface area contributed by atoms with Crippen molar-refractivity contribution in [3.8, 4) is 0 Å². The Morgan fingerprint density at radius 2 is 1.06 bits per heavy atom. The van der Waals surface area contributed by atoms with Crippen LogP contribution in [0.3, 0.4) is 0 Å². The SMILES string of the molecule is BrCc1ccc2c(Br)c(CBr)ccc2c1Br. The highest BCUT2D eigenvalue weighted by Gasteiger charge is 2.09. The van der Waals surface area contributed by atoms with Crippen molar-refractivity contribution < 1.29 is 0 Å². The summed E-state index contributed by atoms with van der Waals surface area (Å²) in [7, 11) is 0. The fourth-order valence-electron chi connectivity index (χ4n) is 1.63. The van der Waals surface area contributed by atoms with E-state index in [9.17, 15) is 0 Å². The molecule has 0 N–H and O–H groups in total. The molecule has 0 heterocycles. The second-order valence-corrected chi connectivity index (χ2v) is 6.15. The van der Waals surface area contributed by atoms with E-state index in [1.54, 1.807) is 0 Å². The highest BCUT2D eigenvalue weighted by Crippen LogP contribution is 2.35. The molecule has 0 aromatic heterocycles. The van der Waals surface area contributed by atoms with Crippen molar-refractivity contribution in [3.05, 3.63) is 44.3 Å². The predicted molar refractivity (Wildman–Crippen MR) is 84.6 cm³/mol. The highest BCUT2D eigenvalue weighted by molar-refractivity contribution is 9.11. The Labute approximate surface area is 128 Å². The summed E-state index contributed by atoms with van der Waals surface area (Å²) in [5, 5.41) is 4.21. The third-order valence-corrected chi connectivity index (χ3v) is 5.60. The minimum absolute atomic E-state index is 0.862. The average molecular weight is 472 g/mol. The molecular formula is C12H8Br4. The molecule has 0 unspecified atom stereocenters. The number of halogens is 4. The monoisotopic (exact) mass is 468 g/mol. The lowest BCUT2D eigenvalue weighted by molar-refractivity contribution is 1.40. The summed E-state index contributed by atoms with van der Waals surface area (Å²) in [5.41, 5.74) is 2.54. The van der Waals surface area contributed by atoms with Crippen LogP contribution in [-0.2, 0) is 10.7 Å². The zero-order chi connectivity index (χ0) is 11.7. The molecule has 0 aliphatic carbocycles. The zero-order valence-electron chi connectivity index (χ0n) is 8.24. The van der Waals surface area contributed by atoms with Crippen LogP contribution in [0.4, 0.5) is 0 Å². The van der Waals surface area contributed by atoms with Gasteiger partial charge in [-0.1, -0.05) is 56.1 Å². The number of alkyl halides is 2. The molecule has 0 bridgehead atoms. The summed E-state index contributed by atoms with van der Waals surface area (Å²) in [4.78, 5) is 0. The van der Waals surface area contributed by atoms with Gasteiger partial charge >= 0.3 is 0 Å². The van der Waals surface area contributed by atoms with Gasteiger partial charge < -0.3 is 0 Å². The van der Waals surface area contributed by atoms with Gasteiger partial charge in [-0.25, -0.2) is 0 Å². The van der Waals surface area contributed by atoms with E-state index in [0.29, 0.717) is 0 Å². The predicted octanol–water partition coefficient (Wildman–Crippen LogP) is 6.15. The summed E-state index contributed by atoms with van der Waals surface area (Å²) in [5.74, 6) is 0. The molecule has 0 radical (unpaired) electrons. The van der Waals surface area contributed by atoms with E-state index in [-0.39, 0.29) is 0 Å². The van der Waals surface area contributed by atoms with Crippen LogP contribution in [0.1, 0.15) is 11.1 Å². The van der Waals surface area contributed by atoms with Gasteiger partial charge in [-0.05, 0) is 53.8 Å². The molecule has 0 fully saturated rings. The number of hydrogen-bond donors (Lipinski definition) is 0. The van der Waals surface area contributed by atoms with Gasteiger partial charge in [-0.3, -0.25) is 0 Å². The van der Waals surface area contributed by atoms with Gasteiger partial charge in [0.1, 0.15) is 0 Å². The van der Waals surface area contributed by atoms with Crippen LogP contribution >= 0.6 is 63.7 Å². The molecule has 16 heavy (non-hydrogen) atoms. The van der Waals surface area contributed by atoms with Crippen molar-refractivity contribution >= 4 is 74.5 Å². The summed E-state index contributed by atoms with van der Waals surface area (Å²) in [6, 6.07) is 8.60. The third-order valence-electron chi connectivity index (χ3n) is 2.52. The Balaban J connectivity index is 2.78. The van der Waals surface area contributed by atoms with E-state index in [2.05, 4.69) is 88.0 Å². The maximum atomic E-state index is 3.66. The largest absolute Gasteiger partial charge is 0.0876 e. The van der Waals surface area contributed by atoms with E-state index in [1.807, 2.05) is 0 Å². The third kappa shape index (κ3) is 2.26. The fourth-order valence-corrected chi connectivity index (χ4v) is 4.55. The van der Waals surface area contributed by atoms with E-state index in [0.717, 1.165) is 10.7 Å². The molecule has 0 saturated heterocycles. The van der Waals surface area contributed by atoms with Crippen molar-refractivity contribution in [2.24, 2.45) is 0 Å². The van der Waals surface area contributed by atoms with E-state index in [1.165, 1.54) is 30.8 Å². The molecule has 2 rings (SSSR count). The standard InChI is InChI=1S/C12H8Br4/c13-5-7-1-3-9-10(11(7)15)4-2-8(6-14)12(9)16/h1-4H,5-6H2. The lowest BCUT2D eigenvalue weighted by Crippen LogP contribution is -1.87. The van der Waals surface area contributed by atoms with Crippen molar-refractivity contribution in [3.63, 3.8) is 0 Å². The first-order chi connectivity index (χ1) is 7.69. The van der Waals surface area contributed by atoms with Gasteiger partial charge in [0.25, 0.3) is 0 Å². The first-order valence-electron chi connectivity index (χ1n) is 4.69. The second-order valence-electron chi connectivity index (χ2n) is 3.44. The van der Waals surface area contributed by atoms with E-state index in [4.69, 9.17) is 0 Å². The maximum Gasteiger partial charge on any atom is 0.0294 e. The van der Waals surface area contributed by atoms with Crippen molar-refractivity contribution in [2.75, 3.05) is 0 Å². The maximum absolute atomic E-state index is 3.66. The minimum atomic E-state index is 0.862. The van der Waals surface area contributed by atoms with Crippen molar-refractivity contribution in [1.29, 1.82) is 0 Å². The topological polar surface area (TPSA) is 0 Å². The Morgan fingerprint density at radius 1 is 0.688 bits per heavy atom. The molecule has 84 valence electrons. The van der Waals surface area contributed by atoms with E-state index >= 15 is 0 Å². The molecule has 0 amide bonds.